The predicted molar refractivity (Wildman–Crippen MR) is 102 cm³/mol. The Morgan fingerprint density at radius 2 is 1.12 bits per heavy atom. The molecule has 0 N–H and O–H groups in total. The van der Waals surface area contributed by atoms with Gasteiger partial charge in [0.05, 0.1) is 26.4 Å². The molecule has 0 spiro atoms. The number of hydrogen-bond donors (Lipinski definition) is 0. The average molecular weight is 338 g/mol. The van der Waals surface area contributed by atoms with Gasteiger partial charge in [0.15, 0.2) is 0 Å². The fourth-order valence-corrected chi connectivity index (χ4v) is 2.44. The van der Waals surface area contributed by atoms with Gasteiger partial charge in [0.2, 0.25) is 0 Å². The predicted octanol–water partition coefficient (Wildman–Crippen LogP) is 4.97. The molecule has 0 atom stereocenters. The van der Waals surface area contributed by atoms with Gasteiger partial charge in [-0.2, -0.15) is 0 Å². The molecule has 0 bridgehead atoms. The first-order valence-electron chi connectivity index (χ1n) is 8.56. The second-order valence-corrected chi connectivity index (χ2v) is 5.54. The standard InChI is InChI=1S/C22H26O3/c1-3-15-23-17-13-19-9-5-7-11-21(19)25-22-12-8-6-10-20(22)14-18-24-16-4-2/h3-12H,1-2,13-18H2. The minimum Gasteiger partial charge on any atom is -0.457 e. The molecule has 2 aromatic rings. The molecule has 0 unspecified atom stereocenters. The number of para-hydroxylation sites is 2. The maximum atomic E-state index is 6.20. The monoisotopic (exact) mass is 338 g/mol. The van der Waals surface area contributed by atoms with E-state index >= 15 is 0 Å². The third kappa shape index (κ3) is 6.57. The van der Waals surface area contributed by atoms with Gasteiger partial charge in [0, 0.05) is 0 Å². The molecule has 0 aliphatic heterocycles. The van der Waals surface area contributed by atoms with Crippen molar-refractivity contribution < 1.29 is 14.2 Å². The van der Waals surface area contributed by atoms with Crippen LogP contribution in [0.3, 0.4) is 0 Å². The Hall–Kier alpha value is -2.36. The molecular formula is C22H26O3. The average Bonchev–Trinajstić information content (AvgIpc) is 2.65. The zero-order valence-electron chi connectivity index (χ0n) is 14.7. The third-order valence-corrected chi connectivity index (χ3v) is 3.67. The fourth-order valence-electron chi connectivity index (χ4n) is 2.44. The minimum atomic E-state index is 0.566. The summed E-state index contributed by atoms with van der Waals surface area (Å²) < 4.78 is 17.2. The Morgan fingerprint density at radius 1 is 0.680 bits per heavy atom. The van der Waals surface area contributed by atoms with Crippen LogP contribution >= 0.6 is 0 Å². The molecule has 3 heteroatoms. The van der Waals surface area contributed by atoms with E-state index in [9.17, 15) is 0 Å². The SMILES string of the molecule is C=CCOCCc1ccccc1Oc1ccccc1CCOCC=C. The highest BCUT2D eigenvalue weighted by Gasteiger charge is 2.08. The van der Waals surface area contributed by atoms with E-state index in [4.69, 9.17) is 14.2 Å². The molecule has 25 heavy (non-hydrogen) atoms. The van der Waals surface area contributed by atoms with E-state index in [0.29, 0.717) is 26.4 Å². The summed E-state index contributed by atoms with van der Waals surface area (Å²) in [6, 6.07) is 16.1. The number of ether oxygens (including phenoxy) is 3. The van der Waals surface area contributed by atoms with Gasteiger partial charge < -0.3 is 14.2 Å². The number of hydrogen-bond acceptors (Lipinski definition) is 3. The van der Waals surface area contributed by atoms with E-state index in [-0.39, 0.29) is 0 Å². The van der Waals surface area contributed by atoms with Crippen molar-refractivity contribution in [3.63, 3.8) is 0 Å². The lowest BCUT2D eigenvalue weighted by atomic mass is 10.1. The summed E-state index contributed by atoms with van der Waals surface area (Å²) in [5.41, 5.74) is 2.26. The van der Waals surface area contributed by atoms with Crippen LogP contribution in [0.5, 0.6) is 11.5 Å². The summed E-state index contributed by atoms with van der Waals surface area (Å²) >= 11 is 0. The van der Waals surface area contributed by atoms with Gasteiger partial charge in [-0.1, -0.05) is 48.6 Å². The quantitative estimate of drug-likeness (QED) is 0.404. The van der Waals surface area contributed by atoms with Crippen molar-refractivity contribution >= 4 is 0 Å². The Balaban J connectivity index is 2.03. The second kappa shape index (κ2) is 11.2. The normalized spacial score (nSPS) is 10.4. The molecule has 3 nitrogen and oxygen atoms in total. The van der Waals surface area contributed by atoms with Gasteiger partial charge in [-0.15, -0.1) is 13.2 Å². The van der Waals surface area contributed by atoms with Gasteiger partial charge in [0.1, 0.15) is 11.5 Å². The first kappa shape index (κ1) is 19.0. The summed E-state index contributed by atoms with van der Waals surface area (Å²) in [6.45, 7) is 9.73. The molecule has 0 amide bonds. The van der Waals surface area contributed by atoms with Crippen molar-refractivity contribution in [2.75, 3.05) is 26.4 Å². The van der Waals surface area contributed by atoms with Crippen molar-refractivity contribution in [3.8, 4) is 11.5 Å². The smallest absolute Gasteiger partial charge is 0.130 e. The Morgan fingerprint density at radius 3 is 1.56 bits per heavy atom. The topological polar surface area (TPSA) is 27.7 Å². The highest BCUT2D eigenvalue weighted by Crippen LogP contribution is 2.28. The van der Waals surface area contributed by atoms with Crippen LogP contribution in [0.15, 0.2) is 73.8 Å². The number of rotatable bonds is 12. The maximum Gasteiger partial charge on any atom is 0.130 e. The molecule has 0 radical (unpaired) electrons. The van der Waals surface area contributed by atoms with Crippen molar-refractivity contribution in [1.29, 1.82) is 0 Å². The van der Waals surface area contributed by atoms with E-state index in [1.165, 1.54) is 0 Å². The molecule has 0 heterocycles. The van der Waals surface area contributed by atoms with Crippen LogP contribution in [0.4, 0.5) is 0 Å². The number of benzene rings is 2. The highest BCUT2D eigenvalue weighted by atomic mass is 16.5. The molecule has 2 aromatic carbocycles. The van der Waals surface area contributed by atoms with Gasteiger partial charge >= 0.3 is 0 Å². The largest absolute Gasteiger partial charge is 0.457 e. The lowest BCUT2D eigenvalue weighted by molar-refractivity contribution is 0.165. The molecule has 132 valence electrons. The van der Waals surface area contributed by atoms with Crippen molar-refractivity contribution in [3.05, 3.63) is 85.0 Å². The Labute approximate surface area is 150 Å². The van der Waals surface area contributed by atoms with E-state index in [2.05, 4.69) is 25.3 Å². The van der Waals surface area contributed by atoms with Gasteiger partial charge in [-0.25, -0.2) is 0 Å². The van der Waals surface area contributed by atoms with E-state index in [1.807, 2.05) is 36.4 Å². The molecular weight excluding hydrogens is 312 g/mol. The molecule has 0 aliphatic carbocycles. The zero-order valence-corrected chi connectivity index (χ0v) is 14.7. The van der Waals surface area contributed by atoms with Crippen molar-refractivity contribution in [2.45, 2.75) is 12.8 Å². The van der Waals surface area contributed by atoms with Gasteiger partial charge in [-0.3, -0.25) is 0 Å². The highest BCUT2D eigenvalue weighted by molar-refractivity contribution is 5.41. The van der Waals surface area contributed by atoms with Crippen LogP contribution in [0.1, 0.15) is 11.1 Å². The lowest BCUT2D eigenvalue weighted by Gasteiger charge is -2.14. The first-order chi connectivity index (χ1) is 12.3. The second-order valence-electron chi connectivity index (χ2n) is 5.54. The summed E-state index contributed by atoms with van der Waals surface area (Å²) in [4.78, 5) is 0. The van der Waals surface area contributed by atoms with Crippen LogP contribution in [0.25, 0.3) is 0 Å². The van der Waals surface area contributed by atoms with Gasteiger partial charge in [0.25, 0.3) is 0 Å². The first-order valence-corrected chi connectivity index (χ1v) is 8.56. The molecule has 0 fully saturated rings. The third-order valence-electron chi connectivity index (χ3n) is 3.67. The van der Waals surface area contributed by atoms with Crippen LogP contribution in [-0.2, 0) is 22.3 Å². The summed E-state index contributed by atoms with van der Waals surface area (Å²) in [5, 5.41) is 0. The van der Waals surface area contributed by atoms with Crippen LogP contribution in [0.2, 0.25) is 0 Å². The van der Waals surface area contributed by atoms with E-state index in [1.54, 1.807) is 12.2 Å². The molecule has 0 saturated carbocycles. The maximum absolute atomic E-state index is 6.20. The summed E-state index contributed by atoms with van der Waals surface area (Å²) in [7, 11) is 0. The van der Waals surface area contributed by atoms with Crippen LogP contribution < -0.4 is 4.74 Å². The molecule has 0 aromatic heterocycles. The Kier molecular flexibility index (Phi) is 8.53. The summed E-state index contributed by atoms with van der Waals surface area (Å²) in [5.74, 6) is 1.73. The fraction of sp³-hybridized carbons (Fsp3) is 0.273. The molecule has 2 rings (SSSR count). The minimum absolute atomic E-state index is 0.566. The summed E-state index contributed by atoms with van der Waals surface area (Å²) in [6.07, 6.45) is 5.11. The van der Waals surface area contributed by atoms with E-state index in [0.717, 1.165) is 35.5 Å². The molecule has 0 aliphatic rings. The lowest BCUT2D eigenvalue weighted by Crippen LogP contribution is -2.02. The van der Waals surface area contributed by atoms with Crippen molar-refractivity contribution in [2.24, 2.45) is 0 Å². The Bertz CT molecular complexity index is 606. The molecule has 0 saturated heterocycles. The van der Waals surface area contributed by atoms with Crippen LogP contribution in [-0.4, -0.2) is 26.4 Å². The van der Waals surface area contributed by atoms with Crippen LogP contribution in [0, 0.1) is 0 Å². The van der Waals surface area contributed by atoms with E-state index < -0.39 is 0 Å². The zero-order chi connectivity index (χ0) is 17.7. The van der Waals surface area contributed by atoms with Crippen molar-refractivity contribution in [1.82, 2.24) is 0 Å². The van der Waals surface area contributed by atoms with Gasteiger partial charge in [-0.05, 0) is 36.1 Å².